The first-order chi connectivity index (χ1) is 13.6. The molecule has 4 rings (SSSR count). The van der Waals surface area contributed by atoms with Crippen LogP contribution in [0.25, 0.3) is 16.9 Å². The Balaban J connectivity index is 1.62. The van der Waals surface area contributed by atoms with Crippen LogP contribution in [0, 0.1) is 5.95 Å². The van der Waals surface area contributed by atoms with Crippen LogP contribution in [-0.4, -0.2) is 30.2 Å². The third kappa shape index (κ3) is 3.64. The average molecular weight is 416 g/mol. The van der Waals surface area contributed by atoms with Crippen molar-refractivity contribution in [2.75, 3.05) is 5.32 Å². The SMILES string of the molecule is Fc1cc(-c2ncccc2CNc2nnnn2-c2cccc(Cl)c2Cl)ccn1. The third-order valence-electron chi connectivity index (χ3n) is 3.96. The Kier molecular flexibility index (Phi) is 5.14. The van der Waals surface area contributed by atoms with Crippen molar-refractivity contribution in [3.63, 3.8) is 0 Å². The van der Waals surface area contributed by atoms with E-state index in [1.54, 1.807) is 36.5 Å². The summed E-state index contributed by atoms with van der Waals surface area (Å²) >= 11 is 12.3. The molecule has 0 unspecified atom stereocenters. The molecular formula is C18H12Cl2FN7. The zero-order valence-electron chi connectivity index (χ0n) is 14.2. The number of pyridine rings is 2. The van der Waals surface area contributed by atoms with Gasteiger partial charge in [0, 0.05) is 30.6 Å². The highest BCUT2D eigenvalue weighted by Crippen LogP contribution is 2.29. The van der Waals surface area contributed by atoms with Crippen molar-refractivity contribution in [1.29, 1.82) is 0 Å². The lowest BCUT2D eigenvalue weighted by atomic mass is 10.1. The molecule has 0 fully saturated rings. The summed E-state index contributed by atoms with van der Waals surface area (Å²) in [6, 6.07) is 11.9. The maximum absolute atomic E-state index is 13.5. The van der Waals surface area contributed by atoms with Crippen LogP contribution in [0.5, 0.6) is 0 Å². The van der Waals surface area contributed by atoms with E-state index in [0.29, 0.717) is 39.5 Å². The highest BCUT2D eigenvalue weighted by molar-refractivity contribution is 6.43. The number of hydrogen-bond donors (Lipinski definition) is 1. The summed E-state index contributed by atoms with van der Waals surface area (Å²) in [5, 5.41) is 15.6. The highest BCUT2D eigenvalue weighted by atomic mass is 35.5. The molecule has 0 saturated carbocycles. The van der Waals surface area contributed by atoms with Gasteiger partial charge in [-0.05, 0) is 40.3 Å². The van der Waals surface area contributed by atoms with Gasteiger partial charge in [-0.1, -0.05) is 40.4 Å². The molecule has 3 aromatic heterocycles. The van der Waals surface area contributed by atoms with Gasteiger partial charge in [-0.25, -0.2) is 4.98 Å². The summed E-state index contributed by atoms with van der Waals surface area (Å²) in [5.74, 6) is -0.193. The highest BCUT2D eigenvalue weighted by Gasteiger charge is 2.14. The average Bonchev–Trinajstić information content (AvgIpc) is 3.17. The minimum atomic E-state index is -0.568. The number of anilines is 1. The maximum Gasteiger partial charge on any atom is 0.248 e. The van der Waals surface area contributed by atoms with E-state index in [2.05, 4.69) is 30.8 Å². The second-order valence-electron chi connectivity index (χ2n) is 5.72. The van der Waals surface area contributed by atoms with Gasteiger partial charge in [0.1, 0.15) is 0 Å². The zero-order valence-corrected chi connectivity index (χ0v) is 15.7. The first-order valence-corrected chi connectivity index (χ1v) is 8.91. The number of hydrogen-bond acceptors (Lipinski definition) is 6. The van der Waals surface area contributed by atoms with Gasteiger partial charge in [-0.2, -0.15) is 9.07 Å². The van der Waals surface area contributed by atoms with E-state index < -0.39 is 5.95 Å². The van der Waals surface area contributed by atoms with Gasteiger partial charge < -0.3 is 5.32 Å². The summed E-state index contributed by atoms with van der Waals surface area (Å²) in [5.41, 5.74) is 2.64. The van der Waals surface area contributed by atoms with E-state index in [0.717, 1.165) is 5.56 Å². The predicted molar refractivity (Wildman–Crippen MR) is 104 cm³/mol. The van der Waals surface area contributed by atoms with Crippen molar-refractivity contribution >= 4 is 29.2 Å². The maximum atomic E-state index is 13.5. The number of nitrogens with zero attached hydrogens (tertiary/aromatic N) is 6. The summed E-state index contributed by atoms with van der Waals surface area (Å²) in [4.78, 5) is 7.94. The van der Waals surface area contributed by atoms with Crippen molar-refractivity contribution in [3.05, 3.63) is 76.4 Å². The Morgan fingerprint density at radius 2 is 1.93 bits per heavy atom. The molecule has 28 heavy (non-hydrogen) atoms. The van der Waals surface area contributed by atoms with Gasteiger partial charge in [-0.3, -0.25) is 4.98 Å². The van der Waals surface area contributed by atoms with Gasteiger partial charge in [0.05, 0.1) is 21.4 Å². The smallest absolute Gasteiger partial charge is 0.248 e. The monoisotopic (exact) mass is 415 g/mol. The summed E-state index contributed by atoms with van der Waals surface area (Å²) < 4.78 is 15.0. The van der Waals surface area contributed by atoms with E-state index in [1.165, 1.54) is 16.9 Å². The van der Waals surface area contributed by atoms with Crippen LogP contribution in [0.3, 0.4) is 0 Å². The van der Waals surface area contributed by atoms with Crippen molar-refractivity contribution < 1.29 is 4.39 Å². The van der Waals surface area contributed by atoms with Crippen LogP contribution in [0.4, 0.5) is 10.3 Å². The molecule has 0 radical (unpaired) electrons. The number of tetrazole rings is 1. The lowest BCUT2D eigenvalue weighted by Crippen LogP contribution is -2.09. The second kappa shape index (κ2) is 7.87. The quantitative estimate of drug-likeness (QED) is 0.492. The van der Waals surface area contributed by atoms with Crippen LogP contribution < -0.4 is 5.32 Å². The lowest BCUT2D eigenvalue weighted by Gasteiger charge is -2.11. The molecular weight excluding hydrogens is 404 g/mol. The standard InChI is InChI=1S/C18H12Cl2FN7/c19-13-4-1-5-14(16(13)20)28-18(25-26-27-28)24-10-12-3-2-7-23-17(12)11-6-8-22-15(21)9-11/h1-9H,10H2,(H,24,25,27). The van der Waals surface area contributed by atoms with Gasteiger partial charge in [0.15, 0.2) is 0 Å². The Morgan fingerprint density at radius 1 is 1.04 bits per heavy atom. The van der Waals surface area contributed by atoms with Gasteiger partial charge in [-0.15, -0.1) is 0 Å². The van der Waals surface area contributed by atoms with E-state index in [-0.39, 0.29) is 0 Å². The topological polar surface area (TPSA) is 81.4 Å². The summed E-state index contributed by atoms with van der Waals surface area (Å²) in [6.07, 6.45) is 3.05. The first kappa shape index (κ1) is 18.3. The normalized spacial score (nSPS) is 10.8. The predicted octanol–water partition coefficient (Wildman–Crippen LogP) is 4.18. The van der Waals surface area contributed by atoms with Crippen LogP contribution in [-0.2, 0) is 6.54 Å². The number of benzene rings is 1. The number of aromatic nitrogens is 6. The van der Waals surface area contributed by atoms with Crippen molar-refractivity contribution in [1.82, 2.24) is 30.2 Å². The van der Waals surface area contributed by atoms with E-state index in [9.17, 15) is 4.39 Å². The number of rotatable bonds is 5. The second-order valence-corrected chi connectivity index (χ2v) is 6.50. The zero-order chi connectivity index (χ0) is 19.5. The van der Waals surface area contributed by atoms with Crippen LogP contribution in [0.15, 0.2) is 54.9 Å². The molecule has 0 aliphatic heterocycles. The van der Waals surface area contributed by atoms with Gasteiger partial charge in [0.25, 0.3) is 0 Å². The van der Waals surface area contributed by atoms with E-state index in [4.69, 9.17) is 23.2 Å². The molecule has 0 saturated heterocycles. The third-order valence-corrected chi connectivity index (χ3v) is 4.77. The Labute approximate surface area is 169 Å². The fourth-order valence-electron chi connectivity index (χ4n) is 2.68. The summed E-state index contributed by atoms with van der Waals surface area (Å²) in [7, 11) is 0. The van der Waals surface area contributed by atoms with Crippen LogP contribution in [0.2, 0.25) is 10.0 Å². The van der Waals surface area contributed by atoms with Gasteiger partial charge >= 0.3 is 0 Å². The molecule has 0 spiro atoms. The molecule has 1 aromatic carbocycles. The fraction of sp³-hybridized carbons (Fsp3) is 0.0556. The molecule has 140 valence electrons. The molecule has 7 nitrogen and oxygen atoms in total. The van der Waals surface area contributed by atoms with Crippen LogP contribution in [0.1, 0.15) is 5.56 Å². The van der Waals surface area contributed by atoms with Gasteiger partial charge in [0.2, 0.25) is 11.9 Å². The Bertz CT molecular complexity index is 1130. The lowest BCUT2D eigenvalue weighted by molar-refractivity contribution is 0.584. The van der Waals surface area contributed by atoms with Crippen molar-refractivity contribution in [2.45, 2.75) is 6.54 Å². The number of halogens is 3. The molecule has 0 amide bonds. The van der Waals surface area contributed by atoms with Crippen molar-refractivity contribution in [2.24, 2.45) is 0 Å². The molecule has 1 N–H and O–H groups in total. The molecule has 4 aromatic rings. The van der Waals surface area contributed by atoms with E-state index in [1.807, 2.05) is 6.07 Å². The summed E-state index contributed by atoms with van der Waals surface area (Å²) in [6.45, 7) is 0.353. The Hall–Kier alpha value is -3.10. The van der Waals surface area contributed by atoms with Crippen molar-refractivity contribution in [3.8, 4) is 16.9 Å². The molecule has 0 bridgehead atoms. The molecule has 0 aliphatic rings. The first-order valence-electron chi connectivity index (χ1n) is 8.16. The molecule has 3 heterocycles. The van der Waals surface area contributed by atoms with Crippen LogP contribution >= 0.6 is 23.2 Å². The number of nitrogens with one attached hydrogen (secondary N) is 1. The van der Waals surface area contributed by atoms with E-state index >= 15 is 0 Å². The molecule has 10 heteroatoms. The largest absolute Gasteiger partial charge is 0.349 e. The fourth-order valence-corrected chi connectivity index (χ4v) is 3.06. The Morgan fingerprint density at radius 3 is 2.79 bits per heavy atom. The minimum absolute atomic E-state index is 0.342. The minimum Gasteiger partial charge on any atom is -0.349 e. The molecule has 0 atom stereocenters. The molecule has 0 aliphatic carbocycles.